The fourth-order valence-corrected chi connectivity index (χ4v) is 1.96. The van der Waals surface area contributed by atoms with Gasteiger partial charge in [0.25, 0.3) is 0 Å². The van der Waals surface area contributed by atoms with E-state index in [1.54, 1.807) is 31.2 Å². The SMILES string of the molecule is CCOC(=O)C(COC(C)(C)C)(Cc1ccccc1)C(=O)O. The molecular weight excluding hydrogens is 284 g/mol. The summed E-state index contributed by atoms with van der Waals surface area (Å²) < 4.78 is 10.6. The smallest absolute Gasteiger partial charge is 0.326 e. The van der Waals surface area contributed by atoms with E-state index in [4.69, 9.17) is 9.47 Å². The first kappa shape index (κ1) is 18.2. The first-order chi connectivity index (χ1) is 10.2. The number of hydrogen-bond acceptors (Lipinski definition) is 4. The average molecular weight is 308 g/mol. The number of esters is 1. The number of carboxylic acids is 1. The van der Waals surface area contributed by atoms with Gasteiger partial charge in [0, 0.05) is 6.42 Å². The summed E-state index contributed by atoms with van der Waals surface area (Å²) in [5.74, 6) is -2.00. The summed E-state index contributed by atoms with van der Waals surface area (Å²) in [6.07, 6.45) is 0.0259. The van der Waals surface area contributed by atoms with E-state index in [2.05, 4.69) is 0 Å². The molecule has 1 rings (SSSR count). The number of aliphatic carboxylic acids is 1. The molecule has 122 valence electrons. The van der Waals surface area contributed by atoms with Gasteiger partial charge in [0.15, 0.2) is 5.41 Å². The Morgan fingerprint density at radius 3 is 2.18 bits per heavy atom. The Kier molecular flexibility index (Phi) is 6.11. The van der Waals surface area contributed by atoms with Crippen LogP contribution < -0.4 is 0 Å². The zero-order valence-electron chi connectivity index (χ0n) is 13.6. The lowest BCUT2D eigenvalue weighted by molar-refractivity contribution is -0.177. The van der Waals surface area contributed by atoms with Gasteiger partial charge in [-0.1, -0.05) is 30.3 Å². The number of hydrogen-bond donors (Lipinski definition) is 1. The maximum atomic E-state index is 12.3. The largest absolute Gasteiger partial charge is 0.480 e. The maximum absolute atomic E-state index is 12.3. The molecule has 0 amide bonds. The van der Waals surface area contributed by atoms with Gasteiger partial charge in [-0.25, -0.2) is 0 Å². The molecule has 0 radical (unpaired) electrons. The van der Waals surface area contributed by atoms with Crippen molar-refractivity contribution in [2.45, 2.75) is 39.7 Å². The highest BCUT2D eigenvalue weighted by molar-refractivity contribution is 5.99. The van der Waals surface area contributed by atoms with E-state index >= 15 is 0 Å². The Hall–Kier alpha value is -1.88. The van der Waals surface area contributed by atoms with Gasteiger partial charge >= 0.3 is 11.9 Å². The molecule has 5 nitrogen and oxygen atoms in total. The summed E-state index contributed by atoms with van der Waals surface area (Å²) in [7, 11) is 0. The molecule has 22 heavy (non-hydrogen) atoms. The van der Waals surface area contributed by atoms with Crippen molar-refractivity contribution in [1.29, 1.82) is 0 Å². The van der Waals surface area contributed by atoms with Gasteiger partial charge in [0.1, 0.15) is 0 Å². The summed E-state index contributed by atoms with van der Waals surface area (Å²) in [5.41, 5.74) is -1.55. The summed E-state index contributed by atoms with van der Waals surface area (Å²) in [6, 6.07) is 9.01. The van der Waals surface area contributed by atoms with Gasteiger partial charge in [0.05, 0.1) is 18.8 Å². The number of benzene rings is 1. The Balaban J connectivity index is 3.14. The van der Waals surface area contributed by atoms with Gasteiger partial charge in [-0.15, -0.1) is 0 Å². The van der Waals surface area contributed by atoms with E-state index in [9.17, 15) is 14.7 Å². The highest BCUT2D eigenvalue weighted by Gasteiger charge is 2.49. The molecule has 0 aromatic heterocycles. The van der Waals surface area contributed by atoms with E-state index in [1.165, 1.54) is 0 Å². The van der Waals surface area contributed by atoms with Gasteiger partial charge in [0.2, 0.25) is 0 Å². The van der Waals surface area contributed by atoms with Gasteiger partial charge in [-0.2, -0.15) is 0 Å². The molecule has 1 unspecified atom stereocenters. The van der Waals surface area contributed by atoms with Crippen LogP contribution in [-0.2, 0) is 25.5 Å². The number of carbonyl (C=O) groups is 2. The minimum absolute atomic E-state index is 0.0259. The van der Waals surface area contributed by atoms with Crippen molar-refractivity contribution < 1.29 is 24.2 Å². The van der Waals surface area contributed by atoms with E-state index < -0.39 is 23.0 Å². The molecule has 5 heteroatoms. The molecule has 0 aliphatic carbocycles. The van der Waals surface area contributed by atoms with Crippen LogP contribution in [-0.4, -0.2) is 35.9 Å². The molecule has 1 aromatic carbocycles. The van der Waals surface area contributed by atoms with E-state index in [-0.39, 0.29) is 19.6 Å². The molecule has 0 saturated carbocycles. The summed E-state index contributed by atoms with van der Waals surface area (Å²) in [4.78, 5) is 24.2. The van der Waals surface area contributed by atoms with Crippen LogP contribution in [0.1, 0.15) is 33.3 Å². The van der Waals surface area contributed by atoms with Crippen molar-refractivity contribution in [3.05, 3.63) is 35.9 Å². The first-order valence-electron chi connectivity index (χ1n) is 7.30. The lowest BCUT2D eigenvalue weighted by Crippen LogP contribution is -2.48. The number of carboxylic acid groups (broad SMARTS) is 1. The summed E-state index contributed by atoms with van der Waals surface area (Å²) in [6.45, 7) is 6.98. The Labute approximate surface area is 131 Å². The van der Waals surface area contributed by atoms with Crippen LogP contribution >= 0.6 is 0 Å². The number of ether oxygens (including phenoxy) is 2. The zero-order valence-corrected chi connectivity index (χ0v) is 13.6. The van der Waals surface area contributed by atoms with Crippen LogP contribution in [0.25, 0.3) is 0 Å². The van der Waals surface area contributed by atoms with E-state index in [1.807, 2.05) is 26.8 Å². The fourth-order valence-electron chi connectivity index (χ4n) is 1.96. The zero-order chi connectivity index (χ0) is 16.8. The molecule has 0 saturated heterocycles. The summed E-state index contributed by atoms with van der Waals surface area (Å²) in [5, 5.41) is 9.70. The van der Waals surface area contributed by atoms with Gasteiger partial charge in [-0.05, 0) is 33.3 Å². The lowest BCUT2D eigenvalue weighted by atomic mass is 9.82. The third-order valence-electron chi connectivity index (χ3n) is 3.18. The topological polar surface area (TPSA) is 72.8 Å². The van der Waals surface area contributed by atoms with E-state index in [0.717, 1.165) is 5.56 Å². The average Bonchev–Trinajstić information content (AvgIpc) is 2.43. The standard InChI is InChI=1S/C17H24O5/c1-5-21-15(20)17(14(18)19,12-22-16(2,3)4)11-13-9-7-6-8-10-13/h6-10H,5,11-12H2,1-4H3,(H,18,19). The van der Waals surface area contributed by atoms with Crippen molar-refractivity contribution in [1.82, 2.24) is 0 Å². The minimum atomic E-state index is -1.75. The predicted octanol–water partition coefficient (Wildman–Crippen LogP) is 2.68. The molecule has 1 N–H and O–H groups in total. The lowest BCUT2D eigenvalue weighted by Gasteiger charge is -2.30. The van der Waals surface area contributed by atoms with Crippen molar-refractivity contribution in [3.8, 4) is 0 Å². The van der Waals surface area contributed by atoms with Crippen molar-refractivity contribution >= 4 is 11.9 Å². The fraction of sp³-hybridized carbons (Fsp3) is 0.529. The normalized spacial score (nSPS) is 14.2. The molecule has 0 spiro atoms. The molecule has 0 heterocycles. The Morgan fingerprint density at radius 2 is 1.73 bits per heavy atom. The minimum Gasteiger partial charge on any atom is -0.480 e. The Morgan fingerprint density at radius 1 is 1.14 bits per heavy atom. The second kappa shape index (κ2) is 7.40. The van der Waals surface area contributed by atoms with Crippen LogP contribution in [0.5, 0.6) is 0 Å². The second-order valence-electron chi connectivity index (χ2n) is 6.17. The highest BCUT2D eigenvalue weighted by Crippen LogP contribution is 2.28. The van der Waals surface area contributed by atoms with Crippen LogP contribution in [0.15, 0.2) is 30.3 Å². The van der Waals surface area contributed by atoms with E-state index in [0.29, 0.717) is 0 Å². The molecule has 0 aliphatic heterocycles. The van der Waals surface area contributed by atoms with Crippen molar-refractivity contribution in [2.75, 3.05) is 13.2 Å². The first-order valence-corrected chi connectivity index (χ1v) is 7.30. The number of rotatable bonds is 7. The number of carbonyl (C=O) groups excluding carboxylic acids is 1. The molecule has 1 aromatic rings. The maximum Gasteiger partial charge on any atom is 0.326 e. The van der Waals surface area contributed by atoms with Crippen LogP contribution in [0.3, 0.4) is 0 Å². The second-order valence-corrected chi connectivity index (χ2v) is 6.17. The quantitative estimate of drug-likeness (QED) is 0.619. The van der Waals surface area contributed by atoms with Crippen molar-refractivity contribution in [2.24, 2.45) is 5.41 Å². The van der Waals surface area contributed by atoms with Crippen LogP contribution in [0.2, 0.25) is 0 Å². The molecule has 0 fully saturated rings. The predicted molar refractivity (Wildman–Crippen MR) is 82.6 cm³/mol. The van der Waals surface area contributed by atoms with Crippen LogP contribution in [0, 0.1) is 5.41 Å². The third kappa shape index (κ3) is 4.84. The van der Waals surface area contributed by atoms with Crippen LogP contribution in [0.4, 0.5) is 0 Å². The third-order valence-corrected chi connectivity index (χ3v) is 3.18. The van der Waals surface area contributed by atoms with Gasteiger partial charge in [-0.3, -0.25) is 9.59 Å². The van der Waals surface area contributed by atoms with Gasteiger partial charge < -0.3 is 14.6 Å². The van der Waals surface area contributed by atoms with Crippen molar-refractivity contribution in [3.63, 3.8) is 0 Å². The molecule has 0 bridgehead atoms. The Bertz CT molecular complexity index is 504. The monoisotopic (exact) mass is 308 g/mol. The summed E-state index contributed by atoms with van der Waals surface area (Å²) >= 11 is 0. The molecule has 1 atom stereocenters. The molecule has 0 aliphatic rings. The highest BCUT2D eigenvalue weighted by atomic mass is 16.5. The molecular formula is C17H24O5.